The lowest BCUT2D eigenvalue weighted by molar-refractivity contribution is -0.130. The molecular weight excluding hydrogens is 335 g/mol. The van der Waals surface area contributed by atoms with E-state index in [2.05, 4.69) is 5.10 Å². The summed E-state index contributed by atoms with van der Waals surface area (Å²) in [5.41, 5.74) is 3.58. The molecule has 6 heteroatoms. The zero-order chi connectivity index (χ0) is 16.7. The molecule has 0 unspecified atom stereocenters. The molecule has 23 heavy (non-hydrogen) atoms. The predicted octanol–water partition coefficient (Wildman–Crippen LogP) is 4.90. The Kier molecular flexibility index (Phi) is 4.21. The molecule has 120 valence electrons. The predicted molar refractivity (Wildman–Crippen MR) is 91.1 cm³/mol. The largest absolute Gasteiger partial charge is 0.469 e. The minimum absolute atomic E-state index is 0.139. The second-order valence-corrected chi connectivity index (χ2v) is 6.49. The molecule has 3 rings (SSSR count). The van der Waals surface area contributed by atoms with Crippen molar-refractivity contribution in [3.63, 3.8) is 0 Å². The molecule has 2 aromatic rings. The first-order chi connectivity index (χ1) is 10.9. The fraction of sp³-hybridized carbons (Fsp3) is 0.294. The summed E-state index contributed by atoms with van der Waals surface area (Å²) in [7, 11) is 0. The molecule has 1 aliphatic rings. The molecule has 1 atom stereocenters. The Morgan fingerprint density at radius 3 is 2.70 bits per heavy atom. The zero-order valence-electron chi connectivity index (χ0n) is 13.1. The van der Waals surface area contributed by atoms with E-state index in [-0.39, 0.29) is 11.9 Å². The smallest absolute Gasteiger partial charge is 0.240 e. The van der Waals surface area contributed by atoms with Crippen LogP contribution >= 0.6 is 23.2 Å². The molecule has 2 heterocycles. The molecule has 0 bridgehead atoms. The fourth-order valence-electron chi connectivity index (χ4n) is 2.97. The van der Waals surface area contributed by atoms with Crippen LogP contribution in [0.2, 0.25) is 10.0 Å². The number of amides is 1. The monoisotopic (exact) mass is 350 g/mol. The van der Waals surface area contributed by atoms with Gasteiger partial charge in [0.15, 0.2) is 0 Å². The third-order valence-corrected chi connectivity index (χ3v) is 4.58. The van der Waals surface area contributed by atoms with Gasteiger partial charge in [0.25, 0.3) is 0 Å². The number of halogens is 2. The van der Waals surface area contributed by atoms with Crippen molar-refractivity contribution in [3.8, 4) is 0 Å². The highest BCUT2D eigenvalue weighted by molar-refractivity contribution is 6.33. The molecule has 4 nitrogen and oxygen atoms in total. The maximum Gasteiger partial charge on any atom is 0.240 e. The van der Waals surface area contributed by atoms with Crippen LogP contribution in [-0.2, 0) is 4.79 Å². The highest BCUT2D eigenvalue weighted by Crippen LogP contribution is 2.38. The number of nitrogens with zero attached hydrogens (tertiary/aromatic N) is 2. The Morgan fingerprint density at radius 2 is 2.09 bits per heavy atom. The SMILES string of the molecule is CC(=O)N1N=C(c2c(C)coc2C)C[C@H]1c1cc(Cl)ccc1Cl. The second kappa shape index (κ2) is 6.02. The van der Waals surface area contributed by atoms with Gasteiger partial charge in [-0.3, -0.25) is 4.79 Å². The highest BCUT2D eigenvalue weighted by atomic mass is 35.5. The Morgan fingerprint density at radius 1 is 1.35 bits per heavy atom. The molecular formula is C17H16Cl2N2O2. The van der Waals surface area contributed by atoms with Crippen LogP contribution in [0.1, 0.15) is 41.8 Å². The maximum atomic E-state index is 12.0. The van der Waals surface area contributed by atoms with Crippen LogP contribution in [0.15, 0.2) is 34.0 Å². The van der Waals surface area contributed by atoms with Crippen molar-refractivity contribution in [2.24, 2.45) is 5.10 Å². The van der Waals surface area contributed by atoms with E-state index < -0.39 is 0 Å². The summed E-state index contributed by atoms with van der Waals surface area (Å²) >= 11 is 12.4. The summed E-state index contributed by atoms with van der Waals surface area (Å²) in [4.78, 5) is 12.0. The first-order valence-electron chi connectivity index (χ1n) is 7.25. The van der Waals surface area contributed by atoms with Gasteiger partial charge in [0.05, 0.1) is 18.0 Å². The summed E-state index contributed by atoms with van der Waals surface area (Å²) < 4.78 is 5.46. The number of hydrazone groups is 1. The first-order valence-corrected chi connectivity index (χ1v) is 8.01. The summed E-state index contributed by atoms with van der Waals surface area (Å²) in [6, 6.07) is 5.00. The lowest BCUT2D eigenvalue weighted by Gasteiger charge is -2.21. The molecule has 0 aliphatic carbocycles. The third kappa shape index (κ3) is 2.89. The molecule has 0 saturated carbocycles. The third-order valence-electron chi connectivity index (χ3n) is 4.00. The Balaban J connectivity index is 2.04. The molecule has 1 aliphatic heterocycles. The number of rotatable bonds is 2. The second-order valence-electron chi connectivity index (χ2n) is 5.65. The summed E-state index contributed by atoms with van der Waals surface area (Å²) in [5, 5.41) is 7.14. The minimum Gasteiger partial charge on any atom is -0.469 e. The maximum absolute atomic E-state index is 12.0. The van der Waals surface area contributed by atoms with Gasteiger partial charge in [-0.2, -0.15) is 5.10 Å². The number of carbonyl (C=O) groups excluding carboxylic acids is 1. The normalized spacial score (nSPS) is 17.5. The quantitative estimate of drug-likeness (QED) is 0.772. The van der Waals surface area contributed by atoms with E-state index in [1.165, 1.54) is 11.9 Å². The minimum atomic E-state index is -0.262. The Bertz CT molecular complexity index is 791. The van der Waals surface area contributed by atoms with Crippen molar-refractivity contribution in [2.75, 3.05) is 0 Å². The molecule has 0 radical (unpaired) electrons. The van der Waals surface area contributed by atoms with Crippen LogP contribution < -0.4 is 0 Å². The van der Waals surface area contributed by atoms with Crippen LogP contribution in [0, 0.1) is 13.8 Å². The molecule has 1 amide bonds. The lowest BCUT2D eigenvalue weighted by Crippen LogP contribution is -2.24. The zero-order valence-corrected chi connectivity index (χ0v) is 14.6. The van der Waals surface area contributed by atoms with E-state index in [1.54, 1.807) is 24.5 Å². The van der Waals surface area contributed by atoms with E-state index >= 15 is 0 Å². The molecule has 0 N–H and O–H groups in total. The van der Waals surface area contributed by atoms with E-state index in [4.69, 9.17) is 27.6 Å². The van der Waals surface area contributed by atoms with E-state index in [0.29, 0.717) is 16.5 Å². The van der Waals surface area contributed by atoms with E-state index in [0.717, 1.165) is 28.2 Å². The van der Waals surface area contributed by atoms with Gasteiger partial charge >= 0.3 is 0 Å². The van der Waals surface area contributed by atoms with Crippen molar-refractivity contribution < 1.29 is 9.21 Å². The molecule has 0 spiro atoms. The van der Waals surface area contributed by atoms with E-state index in [9.17, 15) is 4.79 Å². The van der Waals surface area contributed by atoms with Gasteiger partial charge in [0, 0.05) is 29.0 Å². The Hall–Kier alpha value is -1.78. The molecule has 1 aromatic heterocycles. The topological polar surface area (TPSA) is 45.8 Å². The number of carbonyl (C=O) groups is 1. The molecule has 0 saturated heterocycles. The standard InChI is InChI=1S/C17H16Cl2N2O2/c1-9-8-23-10(2)17(9)15-7-16(21(20-15)11(3)22)13-6-12(18)4-5-14(13)19/h4-6,8,16H,7H2,1-3H3/t16-/m0/s1. The van der Waals surface area contributed by atoms with Crippen LogP contribution in [0.4, 0.5) is 0 Å². The van der Waals surface area contributed by atoms with Gasteiger partial charge in [-0.25, -0.2) is 5.01 Å². The van der Waals surface area contributed by atoms with Gasteiger partial charge in [-0.1, -0.05) is 23.2 Å². The molecule has 1 aromatic carbocycles. The average molecular weight is 351 g/mol. The van der Waals surface area contributed by atoms with Gasteiger partial charge in [-0.05, 0) is 43.2 Å². The highest BCUT2D eigenvalue weighted by Gasteiger charge is 2.34. The first kappa shape index (κ1) is 16.1. The molecule has 0 fully saturated rings. The number of benzene rings is 1. The van der Waals surface area contributed by atoms with Crippen LogP contribution in [0.25, 0.3) is 0 Å². The van der Waals surface area contributed by atoms with Crippen LogP contribution in [-0.4, -0.2) is 16.6 Å². The van der Waals surface area contributed by atoms with Crippen LogP contribution in [0.3, 0.4) is 0 Å². The van der Waals surface area contributed by atoms with Crippen molar-refractivity contribution in [1.82, 2.24) is 5.01 Å². The van der Waals surface area contributed by atoms with E-state index in [1.807, 2.05) is 13.8 Å². The summed E-state index contributed by atoms with van der Waals surface area (Å²) in [5.74, 6) is 0.655. The van der Waals surface area contributed by atoms with Crippen molar-refractivity contribution in [1.29, 1.82) is 0 Å². The number of hydrogen-bond donors (Lipinski definition) is 0. The van der Waals surface area contributed by atoms with Crippen LogP contribution in [0.5, 0.6) is 0 Å². The Labute approximate surface area is 144 Å². The van der Waals surface area contributed by atoms with Gasteiger partial charge < -0.3 is 4.42 Å². The average Bonchev–Trinajstić information content (AvgIpc) is 3.05. The van der Waals surface area contributed by atoms with Crippen molar-refractivity contribution >= 4 is 34.8 Å². The lowest BCUT2D eigenvalue weighted by atomic mass is 9.97. The van der Waals surface area contributed by atoms with Crippen molar-refractivity contribution in [2.45, 2.75) is 33.2 Å². The number of hydrogen-bond acceptors (Lipinski definition) is 3. The van der Waals surface area contributed by atoms with Gasteiger partial charge in [-0.15, -0.1) is 0 Å². The van der Waals surface area contributed by atoms with Gasteiger partial charge in [0.2, 0.25) is 5.91 Å². The number of aryl methyl sites for hydroxylation is 2. The number of furan rings is 1. The summed E-state index contributed by atoms with van der Waals surface area (Å²) in [6.07, 6.45) is 2.27. The summed E-state index contributed by atoms with van der Waals surface area (Å²) in [6.45, 7) is 5.35. The fourth-order valence-corrected chi connectivity index (χ4v) is 3.39. The van der Waals surface area contributed by atoms with Crippen molar-refractivity contribution in [3.05, 3.63) is 57.0 Å². The van der Waals surface area contributed by atoms with Gasteiger partial charge in [0.1, 0.15) is 5.76 Å².